The van der Waals surface area contributed by atoms with Crippen molar-refractivity contribution in [3.8, 4) is 28.4 Å². The highest BCUT2D eigenvalue weighted by Crippen LogP contribution is 2.31. The van der Waals surface area contributed by atoms with Gasteiger partial charge in [0, 0.05) is 42.2 Å². The number of Topliss-reactive ketones (excluding diaryl/α,β-unsaturated/α-hetero) is 1. The highest BCUT2D eigenvalue weighted by Gasteiger charge is 2.22. The largest absolute Gasteiger partial charge is 0.495 e. The topological polar surface area (TPSA) is 83.3 Å². The molecule has 0 bridgehead atoms. The van der Waals surface area contributed by atoms with Gasteiger partial charge in [0.1, 0.15) is 17.1 Å². The second kappa shape index (κ2) is 12.0. The van der Waals surface area contributed by atoms with E-state index in [1.807, 2.05) is 0 Å². The molecule has 5 rings (SSSR count). The standard InChI is InChI=1S/C32H25F4N3O4/c1-17-10-20(5-6-23(17)33)22-15-39(16-29(35)36)18(2)30(32(22)41)26(40)12-19-4-7-27(24(34)11-19)43-28-8-9-37-25-13-21(42-3)14-38-31(25)28/h4-11,13-15,29H,12,16H2,1-3H3. The number of carbonyl (C=O) groups excluding carboxylic acids is 1. The van der Waals surface area contributed by atoms with Crippen molar-refractivity contribution in [2.75, 3.05) is 7.11 Å². The third-order valence-electron chi connectivity index (χ3n) is 6.96. The number of rotatable bonds is 9. The molecule has 3 heterocycles. The number of hydrogen-bond donors (Lipinski definition) is 0. The summed E-state index contributed by atoms with van der Waals surface area (Å²) >= 11 is 0. The van der Waals surface area contributed by atoms with E-state index in [1.54, 1.807) is 6.07 Å². The number of aryl methyl sites for hydroxylation is 1. The molecule has 2 aromatic carbocycles. The van der Waals surface area contributed by atoms with Crippen LogP contribution in [0.25, 0.3) is 22.2 Å². The van der Waals surface area contributed by atoms with Crippen molar-refractivity contribution in [2.24, 2.45) is 0 Å². The van der Waals surface area contributed by atoms with E-state index in [0.717, 1.165) is 16.7 Å². The highest BCUT2D eigenvalue weighted by atomic mass is 19.3. The predicted molar refractivity (Wildman–Crippen MR) is 152 cm³/mol. The van der Waals surface area contributed by atoms with Crippen LogP contribution in [0.5, 0.6) is 17.2 Å². The highest BCUT2D eigenvalue weighted by molar-refractivity contribution is 5.99. The lowest BCUT2D eigenvalue weighted by Crippen LogP contribution is -2.25. The van der Waals surface area contributed by atoms with E-state index in [4.69, 9.17) is 9.47 Å². The smallest absolute Gasteiger partial charge is 0.256 e. The molecule has 0 spiro atoms. The Hall–Kier alpha value is -5.06. The SMILES string of the molecule is COc1cnc2c(Oc3ccc(CC(=O)c4c(C)n(CC(F)F)cc(-c5ccc(F)c(C)c5)c4=O)cc3F)ccnc2c1. The van der Waals surface area contributed by atoms with Crippen LogP contribution in [0, 0.1) is 25.5 Å². The quantitative estimate of drug-likeness (QED) is 0.138. The third kappa shape index (κ3) is 6.11. The van der Waals surface area contributed by atoms with Crippen LogP contribution in [-0.4, -0.2) is 33.9 Å². The number of methoxy groups -OCH3 is 1. The molecular formula is C32H25F4N3O4. The summed E-state index contributed by atoms with van der Waals surface area (Å²) in [7, 11) is 1.49. The maximum absolute atomic E-state index is 15.2. The number of alkyl halides is 2. The van der Waals surface area contributed by atoms with E-state index < -0.39 is 35.8 Å². The van der Waals surface area contributed by atoms with Crippen molar-refractivity contribution >= 4 is 16.8 Å². The van der Waals surface area contributed by atoms with Crippen LogP contribution < -0.4 is 14.9 Å². The number of ketones is 1. The molecule has 0 aliphatic carbocycles. The zero-order valence-electron chi connectivity index (χ0n) is 23.3. The Kier molecular flexibility index (Phi) is 8.24. The predicted octanol–water partition coefficient (Wildman–Crippen LogP) is 6.84. The van der Waals surface area contributed by atoms with Crippen molar-refractivity contribution in [1.82, 2.24) is 14.5 Å². The molecule has 7 nitrogen and oxygen atoms in total. The van der Waals surface area contributed by atoms with Crippen molar-refractivity contribution in [3.05, 3.63) is 111 Å². The van der Waals surface area contributed by atoms with Gasteiger partial charge < -0.3 is 14.0 Å². The average Bonchev–Trinajstić information content (AvgIpc) is 2.97. The van der Waals surface area contributed by atoms with Crippen LogP contribution >= 0.6 is 0 Å². The van der Waals surface area contributed by atoms with Crippen molar-refractivity contribution in [3.63, 3.8) is 0 Å². The minimum Gasteiger partial charge on any atom is -0.495 e. The fourth-order valence-corrected chi connectivity index (χ4v) is 4.75. The Balaban J connectivity index is 1.46. The Morgan fingerprint density at radius 1 is 0.977 bits per heavy atom. The number of carbonyl (C=O) groups is 1. The molecule has 0 amide bonds. The fourth-order valence-electron chi connectivity index (χ4n) is 4.75. The summed E-state index contributed by atoms with van der Waals surface area (Å²) in [6.45, 7) is 2.14. The van der Waals surface area contributed by atoms with E-state index in [1.165, 1.54) is 69.9 Å². The van der Waals surface area contributed by atoms with E-state index in [0.29, 0.717) is 16.8 Å². The minimum atomic E-state index is -2.76. The molecule has 0 fully saturated rings. The van der Waals surface area contributed by atoms with Gasteiger partial charge in [-0.25, -0.2) is 22.5 Å². The first-order valence-electron chi connectivity index (χ1n) is 13.1. The minimum absolute atomic E-state index is 0.0246. The van der Waals surface area contributed by atoms with Crippen LogP contribution in [0.3, 0.4) is 0 Å². The van der Waals surface area contributed by atoms with Crippen LogP contribution in [-0.2, 0) is 13.0 Å². The lowest BCUT2D eigenvalue weighted by Gasteiger charge is -2.17. The maximum atomic E-state index is 15.2. The monoisotopic (exact) mass is 591 g/mol. The average molecular weight is 592 g/mol. The van der Waals surface area contributed by atoms with E-state index in [9.17, 15) is 22.8 Å². The van der Waals surface area contributed by atoms with Crippen molar-refractivity contribution < 1.29 is 31.8 Å². The molecule has 0 radical (unpaired) electrons. The summed E-state index contributed by atoms with van der Waals surface area (Å²) < 4.78 is 67.9. The van der Waals surface area contributed by atoms with Gasteiger partial charge in [-0.15, -0.1) is 0 Å². The van der Waals surface area contributed by atoms with Gasteiger partial charge in [0.2, 0.25) is 0 Å². The second-order valence-corrected chi connectivity index (χ2v) is 9.86. The number of aromatic nitrogens is 3. The molecule has 0 atom stereocenters. The van der Waals surface area contributed by atoms with Gasteiger partial charge in [-0.2, -0.15) is 0 Å². The van der Waals surface area contributed by atoms with E-state index >= 15 is 4.39 Å². The number of pyridine rings is 3. The molecule has 11 heteroatoms. The Labute approximate surface area is 243 Å². The Morgan fingerprint density at radius 2 is 1.77 bits per heavy atom. The van der Waals surface area contributed by atoms with Crippen LogP contribution in [0.1, 0.15) is 27.2 Å². The molecule has 43 heavy (non-hydrogen) atoms. The summed E-state index contributed by atoms with van der Waals surface area (Å²) in [5.41, 5.74) is 0.664. The summed E-state index contributed by atoms with van der Waals surface area (Å²) in [4.78, 5) is 35.4. The molecule has 0 saturated carbocycles. The van der Waals surface area contributed by atoms with Gasteiger partial charge in [-0.05, 0) is 54.8 Å². The molecule has 0 aliphatic rings. The normalized spacial score (nSPS) is 11.3. The number of hydrogen-bond acceptors (Lipinski definition) is 6. The number of nitrogens with zero attached hydrogens (tertiary/aromatic N) is 3. The van der Waals surface area contributed by atoms with E-state index in [2.05, 4.69) is 9.97 Å². The number of fused-ring (bicyclic) bond motifs is 1. The maximum Gasteiger partial charge on any atom is 0.256 e. The Morgan fingerprint density at radius 3 is 2.47 bits per heavy atom. The van der Waals surface area contributed by atoms with Gasteiger partial charge >= 0.3 is 0 Å². The van der Waals surface area contributed by atoms with E-state index in [-0.39, 0.29) is 51.4 Å². The first kappa shape index (κ1) is 29.4. The summed E-state index contributed by atoms with van der Waals surface area (Å²) in [6, 6.07) is 11.0. The second-order valence-electron chi connectivity index (χ2n) is 9.86. The summed E-state index contributed by atoms with van der Waals surface area (Å²) in [6.07, 6.45) is 1.06. The van der Waals surface area contributed by atoms with Gasteiger partial charge in [0.15, 0.2) is 28.5 Å². The van der Waals surface area contributed by atoms with Gasteiger partial charge in [-0.1, -0.05) is 12.1 Å². The van der Waals surface area contributed by atoms with Crippen molar-refractivity contribution in [2.45, 2.75) is 33.2 Å². The van der Waals surface area contributed by atoms with Crippen molar-refractivity contribution in [1.29, 1.82) is 0 Å². The number of ether oxygens (including phenoxy) is 2. The molecule has 5 aromatic rings. The molecule has 0 N–H and O–H groups in total. The molecule has 0 aliphatic heterocycles. The first-order valence-corrected chi connectivity index (χ1v) is 13.1. The molecule has 0 saturated heterocycles. The third-order valence-corrected chi connectivity index (χ3v) is 6.96. The van der Waals surface area contributed by atoms with Gasteiger partial charge in [0.05, 0.1) is 30.9 Å². The fraction of sp³-hybridized carbons (Fsp3) is 0.188. The molecule has 3 aromatic heterocycles. The first-order chi connectivity index (χ1) is 20.5. The Bertz CT molecular complexity index is 1920. The molecular weight excluding hydrogens is 566 g/mol. The number of halogens is 4. The zero-order valence-corrected chi connectivity index (χ0v) is 23.3. The van der Waals surface area contributed by atoms with Crippen LogP contribution in [0.15, 0.2) is 71.9 Å². The zero-order chi connectivity index (χ0) is 30.8. The van der Waals surface area contributed by atoms with Gasteiger partial charge in [-0.3, -0.25) is 14.6 Å². The lowest BCUT2D eigenvalue weighted by atomic mass is 9.96. The molecule has 220 valence electrons. The van der Waals surface area contributed by atoms with Crippen LogP contribution in [0.2, 0.25) is 0 Å². The summed E-state index contributed by atoms with van der Waals surface area (Å²) in [5.74, 6) is -1.34. The lowest BCUT2D eigenvalue weighted by molar-refractivity contribution is 0.0986. The van der Waals surface area contributed by atoms with Gasteiger partial charge in [0.25, 0.3) is 6.43 Å². The number of benzene rings is 2. The summed E-state index contributed by atoms with van der Waals surface area (Å²) in [5, 5.41) is 0. The van der Waals surface area contributed by atoms with Crippen LogP contribution in [0.4, 0.5) is 17.6 Å². The molecule has 0 unspecified atom stereocenters.